The molecule has 1 N–H and O–H groups in total. The van der Waals surface area contributed by atoms with E-state index in [0.717, 1.165) is 11.1 Å². The predicted octanol–water partition coefficient (Wildman–Crippen LogP) is 4.57. The molecule has 0 aliphatic heterocycles. The number of fused-ring (bicyclic) bond motifs is 1. The summed E-state index contributed by atoms with van der Waals surface area (Å²) < 4.78 is 12.1. The SMILES string of the molecule is CCOCCOc1ccccc1C(=O)Nc1ccc2sccc2c1. The molecule has 24 heavy (non-hydrogen) atoms. The molecule has 0 saturated carbocycles. The van der Waals surface area contributed by atoms with E-state index in [1.165, 1.54) is 4.70 Å². The molecule has 0 bridgehead atoms. The number of thiophene rings is 1. The molecule has 5 heteroatoms. The first kappa shape index (κ1) is 16.5. The minimum atomic E-state index is -0.184. The molecule has 1 amide bonds. The van der Waals surface area contributed by atoms with E-state index in [0.29, 0.717) is 31.1 Å². The summed E-state index contributed by atoms with van der Waals surface area (Å²) in [6, 6.07) is 15.2. The lowest BCUT2D eigenvalue weighted by atomic mass is 10.1. The van der Waals surface area contributed by atoms with Gasteiger partial charge in [0.25, 0.3) is 5.91 Å². The minimum absolute atomic E-state index is 0.184. The topological polar surface area (TPSA) is 47.6 Å². The first-order valence-electron chi connectivity index (χ1n) is 7.86. The van der Waals surface area contributed by atoms with Crippen molar-refractivity contribution in [1.29, 1.82) is 0 Å². The zero-order chi connectivity index (χ0) is 16.8. The lowest BCUT2D eigenvalue weighted by Gasteiger charge is -2.12. The number of para-hydroxylation sites is 1. The molecule has 0 fully saturated rings. The number of benzene rings is 2. The molecule has 0 atom stereocenters. The number of amides is 1. The number of hydrogen-bond acceptors (Lipinski definition) is 4. The van der Waals surface area contributed by atoms with Gasteiger partial charge < -0.3 is 14.8 Å². The zero-order valence-corrected chi connectivity index (χ0v) is 14.3. The van der Waals surface area contributed by atoms with Crippen LogP contribution >= 0.6 is 11.3 Å². The molecule has 0 unspecified atom stereocenters. The third kappa shape index (κ3) is 3.93. The highest BCUT2D eigenvalue weighted by Gasteiger charge is 2.12. The lowest BCUT2D eigenvalue weighted by molar-refractivity contribution is 0.0998. The Kier molecular flexibility index (Phi) is 5.46. The van der Waals surface area contributed by atoms with E-state index in [-0.39, 0.29) is 5.91 Å². The molecule has 0 radical (unpaired) electrons. The summed E-state index contributed by atoms with van der Waals surface area (Å²) >= 11 is 1.68. The van der Waals surface area contributed by atoms with Crippen molar-refractivity contribution in [3.8, 4) is 5.75 Å². The summed E-state index contributed by atoms with van der Waals surface area (Å²) in [5.74, 6) is 0.378. The van der Waals surface area contributed by atoms with Crippen LogP contribution in [-0.2, 0) is 4.74 Å². The van der Waals surface area contributed by atoms with Crippen LogP contribution in [0.15, 0.2) is 53.9 Å². The van der Waals surface area contributed by atoms with Gasteiger partial charge in [0.15, 0.2) is 0 Å². The van der Waals surface area contributed by atoms with Crippen LogP contribution in [0, 0.1) is 0 Å². The zero-order valence-electron chi connectivity index (χ0n) is 13.5. The molecular weight excluding hydrogens is 322 g/mol. The van der Waals surface area contributed by atoms with Gasteiger partial charge in [0.2, 0.25) is 0 Å². The van der Waals surface area contributed by atoms with Crippen molar-refractivity contribution >= 4 is 33.0 Å². The quantitative estimate of drug-likeness (QED) is 0.640. The summed E-state index contributed by atoms with van der Waals surface area (Å²) in [5.41, 5.74) is 1.29. The molecule has 3 rings (SSSR count). The van der Waals surface area contributed by atoms with Gasteiger partial charge in [0.1, 0.15) is 12.4 Å². The second kappa shape index (κ2) is 7.95. The Labute approximate surface area is 145 Å². The van der Waals surface area contributed by atoms with Gasteiger partial charge in [-0.1, -0.05) is 12.1 Å². The van der Waals surface area contributed by atoms with Crippen LogP contribution in [0.2, 0.25) is 0 Å². The number of carbonyl (C=O) groups is 1. The summed E-state index contributed by atoms with van der Waals surface area (Å²) in [5, 5.41) is 6.10. The van der Waals surface area contributed by atoms with Gasteiger partial charge in [-0.05, 0) is 54.1 Å². The van der Waals surface area contributed by atoms with Gasteiger partial charge in [0.05, 0.1) is 12.2 Å². The highest BCUT2D eigenvalue weighted by Crippen LogP contribution is 2.25. The molecule has 124 valence electrons. The van der Waals surface area contributed by atoms with E-state index >= 15 is 0 Å². The maximum absolute atomic E-state index is 12.6. The average Bonchev–Trinajstić information content (AvgIpc) is 3.07. The standard InChI is InChI=1S/C19H19NO3S/c1-2-22-10-11-23-17-6-4-3-5-16(17)19(21)20-15-7-8-18-14(13-15)9-12-24-18/h3-9,12-13H,2,10-11H2,1H3,(H,20,21). The van der Waals surface area contributed by atoms with Gasteiger partial charge in [-0.25, -0.2) is 0 Å². The minimum Gasteiger partial charge on any atom is -0.490 e. The summed E-state index contributed by atoms with van der Waals surface area (Å²) in [6.07, 6.45) is 0. The molecule has 3 aromatic rings. The normalized spacial score (nSPS) is 10.7. The Bertz CT molecular complexity index is 828. The molecule has 2 aromatic carbocycles. The van der Waals surface area contributed by atoms with E-state index in [1.807, 2.05) is 48.7 Å². The Balaban J connectivity index is 1.72. The fraction of sp³-hybridized carbons (Fsp3) is 0.211. The Morgan fingerprint density at radius 2 is 2.00 bits per heavy atom. The number of ether oxygens (including phenoxy) is 2. The van der Waals surface area contributed by atoms with Crippen molar-refractivity contribution in [2.75, 3.05) is 25.1 Å². The lowest BCUT2D eigenvalue weighted by Crippen LogP contribution is -2.15. The van der Waals surface area contributed by atoms with E-state index in [2.05, 4.69) is 5.32 Å². The summed E-state index contributed by atoms with van der Waals surface area (Å²) in [6.45, 7) is 3.50. The predicted molar refractivity (Wildman–Crippen MR) is 98.2 cm³/mol. The van der Waals surface area contributed by atoms with Crippen molar-refractivity contribution < 1.29 is 14.3 Å². The fourth-order valence-corrected chi connectivity index (χ4v) is 3.15. The van der Waals surface area contributed by atoms with Crippen LogP contribution in [0.25, 0.3) is 10.1 Å². The Morgan fingerprint density at radius 3 is 2.88 bits per heavy atom. The Morgan fingerprint density at radius 1 is 1.12 bits per heavy atom. The highest BCUT2D eigenvalue weighted by atomic mass is 32.1. The highest BCUT2D eigenvalue weighted by molar-refractivity contribution is 7.17. The first-order valence-corrected chi connectivity index (χ1v) is 8.74. The second-order valence-electron chi connectivity index (χ2n) is 5.17. The average molecular weight is 341 g/mol. The van der Waals surface area contributed by atoms with Crippen LogP contribution in [0.1, 0.15) is 17.3 Å². The van der Waals surface area contributed by atoms with Crippen molar-refractivity contribution in [2.24, 2.45) is 0 Å². The van der Waals surface area contributed by atoms with E-state index < -0.39 is 0 Å². The second-order valence-corrected chi connectivity index (χ2v) is 6.12. The molecule has 4 nitrogen and oxygen atoms in total. The summed E-state index contributed by atoms with van der Waals surface area (Å²) in [7, 11) is 0. The number of carbonyl (C=O) groups excluding carboxylic acids is 1. The van der Waals surface area contributed by atoms with Gasteiger partial charge in [-0.15, -0.1) is 11.3 Å². The van der Waals surface area contributed by atoms with Gasteiger partial charge in [-0.3, -0.25) is 4.79 Å². The van der Waals surface area contributed by atoms with Gasteiger partial charge >= 0.3 is 0 Å². The maximum Gasteiger partial charge on any atom is 0.259 e. The van der Waals surface area contributed by atoms with E-state index in [4.69, 9.17) is 9.47 Å². The maximum atomic E-state index is 12.6. The van der Waals surface area contributed by atoms with Crippen LogP contribution in [0.4, 0.5) is 5.69 Å². The van der Waals surface area contributed by atoms with E-state index in [1.54, 1.807) is 23.5 Å². The van der Waals surface area contributed by atoms with Crippen molar-refractivity contribution in [1.82, 2.24) is 0 Å². The van der Waals surface area contributed by atoms with Gasteiger partial charge in [0, 0.05) is 17.0 Å². The molecule has 0 spiro atoms. The van der Waals surface area contributed by atoms with Crippen molar-refractivity contribution in [2.45, 2.75) is 6.92 Å². The van der Waals surface area contributed by atoms with Crippen molar-refractivity contribution in [3.63, 3.8) is 0 Å². The number of anilines is 1. The summed E-state index contributed by atoms with van der Waals surface area (Å²) in [4.78, 5) is 12.6. The third-order valence-corrected chi connectivity index (χ3v) is 4.43. The molecule has 1 heterocycles. The smallest absolute Gasteiger partial charge is 0.259 e. The molecule has 0 saturated heterocycles. The number of hydrogen-bond donors (Lipinski definition) is 1. The largest absolute Gasteiger partial charge is 0.490 e. The van der Waals surface area contributed by atoms with Crippen LogP contribution in [-0.4, -0.2) is 25.7 Å². The fourth-order valence-electron chi connectivity index (χ4n) is 2.38. The van der Waals surface area contributed by atoms with E-state index in [9.17, 15) is 4.79 Å². The number of rotatable bonds is 7. The van der Waals surface area contributed by atoms with Crippen LogP contribution in [0.3, 0.4) is 0 Å². The molecular formula is C19H19NO3S. The monoisotopic (exact) mass is 341 g/mol. The molecule has 0 aliphatic rings. The Hall–Kier alpha value is -2.37. The van der Waals surface area contributed by atoms with Crippen LogP contribution in [0.5, 0.6) is 5.75 Å². The van der Waals surface area contributed by atoms with Gasteiger partial charge in [-0.2, -0.15) is 0 Å². The number of nitrogens with one attached hydrogen (secondary N) is 1. The van der Waals surface area contributed by atoms with Crippen molar-refractivity contribution in [3.05, 3.63) is 59.5 Å². The molecule has 1 aromatic heterocycles. The molecule has 0 aliphatic carbocycles. The third-order valence-electron chi connectivity index (χ3n) is 3.53. The van der Waals surface area contributed by atoms with Crippen LogP contribution < -0.4 is 10.1 Å². The first-order chi connectivity index (χ1) is 11.8.